The predicted molar refractivity (Wildman–Crippen MR) is 154 cm³/mol. The number of aliphatic hydroxyl groups is 2. The summed E-state index contributed by atoms with van der Waals surface area (Å²) in [6.45, 7) is 12.5. The topological polar surface area (TPSA) is 130 Å². The van der Waals surface area contributed by atoms with E-state index in [1.807, 2.05) is 20.8 Å². The number of aliphatic hydroxyl groups excluding tert-OH is 2. The zero-order valence-corrected chi connectivity index (χ0v) is 26.1. The maximum Gasteiger partial charge on any atom is 0.311 e. The van der Waals surface area contributed by atoms with E-state index in [-0.39, 0.29) is 83.8 Å². The van der Waals surface area contributed by atoms with Crippen molar-refractivity contribution in [3.05, 3.63) is 0 Å². The first-order chi connectivity index (χ1) is 19.1. The number of carboxylic acids is 1. The molecule has 4 aliphatic carbocycles. The summed E-state index contributed by atoms with van der Waals surface area (Å²) in [5, 5.41) is 32.3. The molecule has 0 aromatic heterocycles. The molecule has 4 rings (SSSR count). The molecule has 41 heavy (non-hydrogen) atoms. The molecule has 0 aromatic carbocycles. The van der Waals surface area contributed by atoms with Crippen molar-refractivity contribution < 1.29 is 39.2 Å². The zero-order valence-electron chi connectivity index (χ0n) is 26.1. The van der Waals surface area contributed by atoms with Crippen molar-refractivity contribution >= 4 is 17.9 Å². The molecule has 234 valence electrons. The van der Waals surface area contributed by atoms with Gasteiger partial charge in [-0.15, -0.1) is 0 Å². The summed E-state index contributed by atoms with van der Waals surface area (Å²) < 4.78 is 11.1. The largest absolute Gasteiger partial charge is 0.481 e. The van der Waals surface area contributed by atoms with Crippen LogP contribution in [0.25, 0.3) is 0 Å². The Kier molecular flexibility index (Phi) is 9.55. The molecule has 0 heterocycles. The molecule has 0 radical (unpaired) electrons. The van der Waals surface area contributed by atoms with Crippen LogP contribution in [0.2, 0.25) is 0 Å². The average Bonchev–Trinajstić information content (AvgIpc) is 3.26. The van der Waals surface area contributed by atoms with Gasteiger partial charge in [0.05, 0.1) is 24.0 Å². The Balaban J connectivity index is 1.43. The summed E-state index contributed by atoms with van der Waals surface area (Å²) in [6, 6.07) is 0. The number of esters is 2. The second-order valence-corrected chi connectivity index (χ2v) is 15.0. The molecule has 0 bridgehead atoms. The van der Waals surface area contributed by atoms with E-state index < -0.39 is 23.6 Å². The van der Waals surface area contributed by atoms with Crippen LogP contribution >= 0.6 is 0 Å². The molecule has 0 amide bonds. The fourth-order valence-corrected chi connectivity index (χ4v) is 9.55. The van der Waals surface area contributed by atoms with E-state index in [4.69, 9.17) is 14.6 Å². The highest BCUT2D eigenvalue weighted by molar-refractivity contribution is 5.76. The van der Waals surface area contributed by atoms with Gasteiger partial charge in [-0.1, -0.05) is 27.7 Å². The number of fused-ring (bicyclic) bond motifs is 5. The molecule has 4 saturated carbocycles. The standard InChI is InChI=1S/C33H54O8/c1-7-31(3,4)30(39)41-21-12-14-32(5)20(16-21)17-25(34)29-23-10-9-22(33(23,6)26(35)18-24(29)32)19(2)8-11-28(38)40-15-13-27(36)37/h19-26,29,34-35H,7-18H2,1-6H3,(H,36,37)/t19?,20?,21?,22?,23?,24?,25?,26?,29?,32-,33+/m0/s1. The second-order valence-electron chi connectivity index (χ2n) is 15.0. The van der Waals surface area contributed by atoms with E-state index in [9.17, 15) is 24.6 Å². The third-order valence-corrected chi connectivity index (χ3v) is 12.6. The fraction of sp³-hybridized carbons (Fsp3) is 0.909. The number of carbonyl (C=O) groups excluding carboxylic acids is 2. The van der Waals surface area contributed by atoms with Crippen molar-refractivity contribution in [1.82, 2.24) is 0 Å². The number of carbonyl (C=O) groups is 3. The highest BCUT2D eigenvalue weighted by Gasteiger charge is 2.65. The molecule has 9 unspecified atom stereocenters. The molecule has 4 fully saturated rings. The number of carboxylic acid groups (broad SMARTS) is 1. The minimum Gasteiger partial charge on any atom is -0.481 e. The first-order valence-corrected chi connectivity index (χ1v) is 16.1. The second kappa shape index (κ2) is 12.1. The van der Waals surface area contributed by atoms with Crippen LogP contribution in [0, 0.1) is 51.8 Å². The van der Waals surface area contributed by atoms with Gasteiger partial charge in [-0.25, -0.2) is 0 Å². The molecule has 0 aromatic rings. The molecule has 8 heteroatoms. The normalized spacial score (nSPS) is 41.0. The molecule has 0 saturated heterocycles. The number of rotatable bonds is 10. The van der Waals surface area contributed by atoms with E-state index in [1.54, 1.807) is 0 Å². The van der Waals surface area contributed by atoms with Gasteiger partial charge >= 0.3 is 17.9 Å². The average molecular weight is 579 g/mol. The first kappa shape index (κ1) is 32.2. The Bertz CT molecular complexity index is 978. The summed E-state index contributed by atoms with van der Waals surface area (Å²) in [4.78, 5) is 35.7. The Morgan fingerprint density at radius 1 is 1.00 bits per heavy atom. The van der Waals surface area contributed by atoms with Gasteiger partial charge in [-0.3, -0.25) is 14.4 Å². The van der Waals surface area contributed by atoms with Gasteiger partial charge in [0.15, 0.2) is 0 Å². The summed E-state index contributed by atoms with van der Waals surface area (Å²) in [7, 11) is 0. The van der Waals surface area contributed by atoms with E-state index in [1.165, 1.54) is 0 Å². The Morgan fingerprint density at radius 3 is 2.37 bits per heavy atom. The van der Waals surface area contributed by atoms with Gasteiger partial charge in [0.25, 0.3) is 0 Å². The molecular weight excluding hydrogens is 524 g/mol. The zero-order chi connectivity index (χ0) is 30.3. The van der Waals surface area contributed by atoms with Gasteiger partial charge in [-0.2, -0.15) is 0 Å². The molecule has 0 spiro atoms. The van der Waals surface area contributed by atoms with Gasteiger partial charge in [-0.05, 0) is 118 Å². The van der Waals surface area contributed by atoms with Crippen molar-refractivity contribution in [3.63, 3.8) is 0 Å². The maximum absolute atomic E-state index is 12.8. The van der Waals surface area contributed by atoms with Gasteiger partial charge < -0.3 is 24.8 Å². The smallest absolute Gasteiger partial charge is 0.311 e. The van der Waals surface area contributed by atoms with Crippen LogP contribution in [0.1, 0.15) is 112 Å². The van der Waals surface area contributed by atoms with Crippen LogP contribution < -0.4 is 0 Å². The van der Waals surface area contributed by atoms with Crippen molar-refractivity contribution in [2.24, 2.45) is 51.8 Å². The highest BCUT2D eigenvalue weighted by Crippen LogP contribution is 2.68. The first-order valence-electron chi connectivity index (χ1n) is 16.1. The van der Waals surface area contributed by atoms with Crippen LogP contribution in [0.3, 0.4) is 0 Å². The molecule has 0 aliphatic heterocycles. The summed E-state index contributed by atoms with van der Waals surface area (Å²) >= 11 is 0. The quantitative estimate of drug-likeness (QED) is 0.295. The lowest BCUT2D eigenvalue weighted by Crippen LogP contribution is -2.62. The van der Waals surface area contributed by atoms with Crippen molar-refractivity contribution in [2.45, 2.75) is 130 Å². The summed E-state index contributed by atoms with van der Waals surface area (Å²) in [6.07, 6.45) is 6.28. The highest BCUT2D eigenvalue weighted by atomic mass is 16.5. The summed E-state index contributed by atoms with van der Waals surface area (Å²) in [5.41, 5.74) is -0.818. The SMILES string of the molecule is CCC(C)(C)C(=O)OC1CC[C@@]2(C)C(C1)CC(O)C1C2CC(O)[C@]2(C)C(C(C)CCC(=O)OCCC(=O)O)CCC12. The van der Waals surface area contributed by atoms with Crippen molar-refractivity contribution in [2.75, 3.05) is 6.61 Å². The fourth-order valence-electron chi connectivity index (χ4n) is 9.55. The van der Waals surface area contributed by atoms with Gasteiger partial charge in [0.1, 0.15) is 12.7 Å². The van der Waals surface area contributed by atoms with Crippen LogP contribution in [-0.2, 0) is 23.9 Å². The van der Waals surface area contributed by atoms with Crippen molar-refractivity contribution in [1.29, 1.82) is 0 Å². The molecule has 8 nitrogen and oxygen atoms in total. The Labute approximate surface area is 245 Å². The van der Waals surface area contributed by atoms with Gasteiger partial charge in [0, 0.05) is 6.42 Å². The van der Waals surface area contributed by atoms with Crippen molar-refractivity contribution in [3.8, 4) is 0 Å². The third-order valence-electron chi connectivity index (χ3n) is 12.6. The van der Waals surface area contributed by atoms with E-state index >= 15 is 0 Å². The van der Waals surface area contributed by atoms with Crippen LogP contribution in [0.4, 0.5) is 0 Å². The molecule has 4 aliphatic rings. The van der Waals surface area contributed by atoms with E-state index in [0.717, 1.165) is 38.5 Å². The van der Waals surface area contributed by atoms with E-state index in [2.05, 4.69) is 20.8 Å². The van der Waals surface area contributed by atoms with Gasteiger partial charge in [0.2, 0.25) is 0 Å². The van der Waals surface area contributed by atoms with Crippen LogP contribution in [0.5, 0.6) is 0 Å². The lowest BCUT2D eigenvalue weighted by atomic mass is 9.43. The minimum atomic E-state index is -0.988. The van der Waals surface area contributed by atoms with Crippen LogP contribution in [0.15, 0.2) is 0 Å². The Hall–Kier alpha value is -1.67. The number of hydrogen-bond acceptors (Lipinski definition) is 7. The lowest BCUT2D eigenvalue weighted by Gasteiger charge is -2.63. The molecule has 11 atom stereocenters. The molecule has 3 N–H and O–H groups in total. The Morgan fingerprint density at radius 2 is 1.71 bits per heavy atom. The summed E-state index contributed by atoms with van der Waals surface area (Å²) in [5.74, 6) is -0.204. The third kappa shape index (κ3) is 6.07. The predicted octanol–water partition coefficient (Wildman–Crippen LogP) is 5.37. The minimum absolute atomic E-state index is 0.00119. The monoisotopic (exact) mass is 578 g/mol. The van der Waals surface area contributed by atoms with Crippen LogP contribution in [-0.4, -0.2) is 58.1 Å². The number of ether oxygens (including phenoxy) is 2. The number of aliphatic carboxylic acids is 1. The molecular formula is C33H54O8. The maximum atomic E-state index is 12.8. The number of hydrogen-bond donors (Lipinski definition) is 3. The van der Waals surface area contributed by atoms with E-state index in [0.29, 0.717) is 19.3 Å². The lowest BCUT2D eigenvalue weighted by molar-refractivity contribution is -0.210.